The van der Waals surface area contributed by atoms with Gasteiger partial charge in [-0.3, -0.25) is 14.9 Å². The average molecular weight is 303 g/mol. The first-order chi connectivity index (χ1) is 10.1. The second-order valence-corrected chi connectivity index (χ2v) is 5.36. The average Bonchev–Trinajstić information content (AvgIpc) is 3.02. The Morgan fingerprint density at radius 3 is 2.81 bits per heavy atom. The van der Waals surface area contributed by atoms with E-state index in [9.17, 15) is 14.9 Å². The summed E-state index contributed by atoms with van der Waals surface area (Å²) in [5.41, 5.74) is 0.421. The first kappa shape index (κ1) is 13.4. The van der Waals surface area contributed by atoms with Gasteiger partial charge in [0, 0.05) is 35.1 Å². The summed E-state index contributed by atoms with van der Waals surface area (Å²) in [4.78, 5) is 23.3. The largest absolute Gasteiger partial charge is 0.324 e. The lowest BCUT2D eigenvalue weighted by atomic mass is 10.1. The summed E-state index contributed by atoms with van der Waals surface area (Å²) >= 11 is 1.50. The lowest BCUT2D eigenvalue weighted by molar-refractivity contribution is -0.662. The van der Waals surface area contributed by atoms with E-state index in [2.05, 4.69) is 5.10 Å². The van der Waals surface area contributed by atoms with Gasteiger partial charge in [0.1, 0.15) is 12.7 Å². The molecule has 0 saturated carbocycles. The number of thiazole rings is 1. The smallest absolute Gasteiger partial charge is 0.291 e. The van der Waals surface area contributed by atoms with E-state index in [0.29, 0.717) is 5.56 Å². The number of fused-ring (bicyclic) bond motifs is 1. The van der Waals surface area contributed by atoms with Crippen LogP contribution < -0.4 is 4.57 Å². The van der Waals surface area contributed by atoms with Crippen LogP contribution in [0.1, 0.15) is 16.2 Å². The number of aryl methyl sites for hydroxylation is 1. The molecular formula is C13H11N4O3S+. The third-order valence-electron chi connectivity index (χ3n) is 3.15. The Bertz CT molecular complexity index is 835. The van der Waals surface area contributed by atoms with Crippen LogP contribution in [0.25, 0.3) is 4.96 Å². The van der Waals surface area contributed by atoms with Crippen LogP contribution in [-0.4, -0.2) is 20.3 Å². The molecule has 0 aliphatic carbocycles. The minimum absolute atomic E-state index is 0.0263. The van der Waals surface area contributed by atoms with Gasteiger partial charge in [0.2, 0.25) is 0 Å². The van der Waals surface area contributed by atoms with E-state index in [4.69, 9.17) is 0 Å². The summed E-state index contributed by atoms with van der Waals surface area (Å²) < 4.78 is 3.55. The summed E-state index contributed by atoms with van der Waals surface area (Å²) in [6.07, 6.45) is 1.83. The number of non-ortho nitro benzene ring substituents is 1. The van der Waals surface area contributed by atoms with Gasteiger partial charge in [-0.1, -0.05) is 15.9 Å². The molecule has 2 heterocycles. The third kappa shape index (κ3) is 2.40. The molecule has 0 N–H and O–H groups in total. The number of aromatic nitrogens is 3. The molecule has 0 spiro atoms. The third-order valence-corrected chi connectivity index (χ3v) is 4.02. The van der Waals surface area contributed by atoms with Crippen molar-refractivity contribution < 1.29 is 14.3 Å². The van der Waals surface area contributed by atoms with Crippen molar-refractivity contribution in [3.63, 3.8) is 0 Å². The van der Waals surface area contributed by atoms with Crippen molar-refractivity contribution in [1.82, 2.24) is 9.61 Å². The molecular weight excluding hydrogens is 292 g/mol. The van der Waals surface area contributed by atoms with Crippen molar-refractivity contribution in [3.8, 4) is 0 Å². The molecule has 0 saturated heterocycles. The molecule has 1 aromatic carbocycles. The number of hydrogen-bond acceptors (Lipinski definition) is 5. The molecule has 8 heteroatoms. The van der Waals surface area contributed by atoms with Crippen molar-refractivity contribution in [2.45, 2.75) is 13.5 Å². The number of ketones is 1. The fraction of sp³-hybridized carbons (Fsp3) is 0.154. The standard InChI is InChI=1S/C13H11N4O3S/c1-9-14-16-6-7-21-13(16)15(9)8-12(18)10-2-4-11(5-3-10)17(19)20/h2-7H,8H2,1H3/q+1. The van der Waals surface area contributed by atoms with E-state index in [1.54, 1.807) is 4.52 Å². The molecule has 106 valence electrons. The highest BCUT2D eigenvalue weighted by molar-refractivity contribution is 7.14. The van der Waals surface area contributed by atoms with Gasteiger partial charge in [0.15, 0.2) is 5.78 Å². The molecule has 0 radical (unpaired) electrons. The maximum atomic E-state index is 12.3. The van der Waals surface area contributed by atoms with Crippen LogP contribution in [0.4, 0.5) is 5.69 Å². The molecule has 0 amide bonds. The SMILES string of the molecule is Cc1nn2ccsc2[n+]1CC(=O)c1ccc([N+](=O)[O-])cc1. The number of nitro benzene ring substituents is 1. The second kappa shape index (κ2) is 5.06. The van der Waals surface area contributed by atoms with E-state index in [1.165, 1.54) is 35.6 Å². The first-order valence-corrected chi connectivity index (χ1v) is 7.04. The lowest BCUT2D eigenvalue weighted by Crippen LogP contribution is -2.39. The molecule has 3 aromatic rings. The molecule has 0 aliphatic heterocycles. The number of nitrogens with zero attached hydrogens (tertiary/aromatic N) is 4. The lowest BCUT2D eigenvalue weighted by Gasteiger charge is -2.00. The van der Waals surface area contributed by atoms with Crippen LogP contribution in [0, 0.1) is 17.0 Å². The summed E-state index contributed by atoms with van der Waals surface area (Å²) in [6.45, 7) is 2.00. The fourth-order valence-corrected chi connectivity index (χ4v) is 2.90. The molecule has 2 aromatic heterocycles. The fourth-order valence-electron chi connectivity index (χ4n) is 2.06. The van der Waals surface area contributed by atoms with Crippen molar-refractivity contribution in [2.24, 2.45) is 0 Å². The number of rotatable bonds is 4. The molecule has 0 atom stereocenters. The highest BCUT2D eigenvalue weighted by atomic mass is 32.1. The second-order valence-electron chi connectivity index (χ2n) is 4.49. The van der Waals surface area contributed by atoms with Gasteiger partial charge in [-0.2, -0.15) is 0 Å². The van der Waals surface area contributed by atoms with E-state index in [1.807, 2.05) is 23.1 Å². The van der Waals surface area contributed by atoms with Gasteiger partial charge < -0.3 is 0 Å². The number of carbonyl (C=O) groups excluding carboxylic acids is 1. The predicted octanol–water partition coefficient (Wildman–Crippen LogP) is 1.78. The molecule has 0 fully saturated rings. The maximum Gasteiger partial charge on any atom is 0.324 e. The van der Waals surface area contributed by atoms with Crippen LogP contribution in [0.3, 0.4) is 0 Å². The maximum absolute atomic E-state index is 12.3. The van der Waals surface area contributed by atoms with Crippen LogP contribution in [0.15, 0.2) is 35.8 Å². The van der Waals surface area contributed by atoms with E-state index >= 15 is 0 Å². The molecule has 0 bridgehead atoms. The first-order valence-electron chi connectivity index (χ1n) is 6.16. The Morgan fingerprint density at radius 1 is 1.43 bits per heavy atom. The number of hydrogen-bond donors (Lipinski definition) is 0. The van der Waals surface area contributed by atoms with Crippen LogP contribution in [-0.2, 0) is 6.54 Å². The molecule has 0 aliphatic rings. The highest BCUT2D eigenvalue weighted by Gasteiger charge is 2.21. The van der Waals surface area contributed by atoms with Gasteiger partial charge in [0.25, 0.3) is 11.5 Å². The van der Waals surface area contributed by atoms with Crippen LogP contribution in [0.5, 0.6) is 0 Å². The molecule has 21 heavy (non-hydrogen) atoms. The number of Topliss-reactive ketones (excluding diaryl/α,β-unsaturated/α-hetero) is 1. The van der Waals surface area contributed by atoms with E-state index in [-0.39, 0.29) is 18.0 Å². The van der Waals surface area contributed by atoms with Crippen molar-refractivity contribution in [2.75, 3.05) is 0 Å². The predicted molar refractivity (Wildman–Crippen MR) is 75.4 cm³/mol. The van der Waals surface area contributed by atoms with E-state index in [0.717, 1.165) is 10.8 Å². The normalized spacial score (nSPS) is 10.9. The number of benzene rings is 1. The summed E-state index contributed by atoms with van der Waals surface area (Å²) in [5.74, 6) is 0.637. The zero-order valence-corrected chi connectivity index (χ0v) is 11.9. The van der Waals surface area contributed by atoms with Crippen LogP contribution >= 0.6 is 11.3 Å². The summed E-state index contributed by atoms with van der Waals surface area (Å²) in [7, 11) is 0. The zero-order chi connectivity index (χ0) is 15.0. The van der Waals surface area contributed by atoms with Gasteiger partial charge in [0.05, 0.1) is 4.92 Å². The van der Waals surface area contributed by atoms with Gasteiger partial charge in [-0.05, 0) is 12.1 Å². The van der Waals surface area contributed by atoms with Gasteiger partial charge in [-0.25, -0.2) is 4.57 Å². The van der Waals surface area contributed by atoms with Gasteiger partial charge in [-0.15, -0.1) is 0 Å². The number of carbonyl (C=O) groups is 1. The Kier molecular flexibility index (Phi) is 3.22. The Hall–Kier alpha value is -2.61. The molecule has 7 nitrogen and oxygen atoms in total. The summed E-state index contributed by atoms with van der Waals surface area (Å²) in [6, 6.07) is 5.63. The quantitative estimate of drug-likeness (QED) is 0.318. The molecule has 3 rings (SSSR count). The van der Waals surface area contributed by atoms with E-state index < -0.39 is 4.92 Å². The van der Waals surface area contributed by atoms with Gasteiger partial charge >= 0.3 is 4.96 Å². The minimum atomic E-state index is -0.486. The monoisotopic (exact) mass is 303 g/mol. The summed E-state index contributed by atoms with van der Waals surface area (Å²) in [5, 5.41) is 16.8. The molecule has 0 unspecified atom stereocenters. The van der Waals surface area contributed by atoms with Crippen molar-refractivity contribution in [1.29, 1.82) is 0 Å². The zero-order valence-electron chi connectivity index (χ0n) is 11.1. The topological polar surface area (TPSA) is 81.4 Å². The van der Waals surface area contributed by atoms with Crippen LogP contribution in [0.2, 0.25) is 0 Å². The van der Waals surface area contributed by atoms with Crippen molar-refractivity contribution >= 4 is 27.8 Å². The highest BCUT2D eigenvalue weighted by Crippen LogP contribution is 2.13. The van der Waals surface area contributed by atoms with Crippen molar-refractivity contribution in [3.05, 3.63) is 57.3 Å². The Balaban J connectivity index is 1.87. The minimum Gasteiger partial charge on any atom is -0.291 e. The Labute approximate surface area is 123 Å². The Morgan fingerprint density at radius 2 is 2.14 bits per heavy atom. The number of nitro groups is 1.